The molecule has 0 radical (unpaired) electrons. The summed E-state index contributed by atoms with van der Waals surface area (Å²) in [7, 11) is 0. The molecule has 0 saturated heterocycles. The van der Waals surface area contributed by atoms with Gasteiger partial charge in [0.2, 0.25) is 0 Å². The van der Waals surface area contributed by atoms with Gasteiger partial charge in [0.25, 0.3) is 0 Å². The van der Waals surface area contributed by atoms with E-state index in [0.29, 0.717) is 18.0 Å². The number of aliphatic carboxylic acids is 1. The summed E-state index contributed by atoms with van der Waals surface area (Å²) in [5.41, 5.74) is 1.71. The van der Waals surface area contributed by atoms with Crippen LogP contribution in [0.3, 0.4) is 0 Å². The Bertz CT molecular complexity index is 1250. The molecule has 0 bridgehead atoms. The molecule has 7 nitrogen and oxygen atoms in total. The van der Waals surface area contributed by atoms with Crippen LogP contribution in [0.15, 0.2) is 65.8 Å². The second kappa shape index (κ2) is 12.2. The Hall–Kier alpha value is -3.81. The Balaban J connectivity index is 1.50. The van der Waals surface area contributed by atoms with E-state index < -0.39 is 23.2 Å². The lowest BCUT2D eigenvalue weighted by Gasteiger charge is -2.35. The number of rotatable bonds is 8. The van der Waals surface area contributed by atoms with Crippen molar-refractivity contribution in [3.8, 4) is 11.8 Å². The summed E-state index contributed by atoms with van der Waals surface area (Å²) in [4.78, 5) is 25.8. The molecule has 2 heterocycles. The zero-order valence-corrected chi connectivity index (χ0v) is 22.2. The van der Waals surface area contributed by atoms with Gasteiger partial charge in [0.05, 0.1) is 11.5 Å². The molecule has 0 fully saturated rings. The van der Waals surface area contributed by atoms with E-state index in [1.807, 2.05) is 45.0 Å². The predicted molar refractivity (Wildman–Crippen MR) is 145 cm³/mol. The van der Waals surface area contributed by atoms with Crippen LogP contribution in [-0.2, 0) is 11.3 Å². The van der Waals surface area contributed by atoms with Crippen molar-refractivity contribution in [1.82, 2.24) is 15.3 Å². The number of carboxylic acids is 1. The third kappa shape index (κ3) is 7.15. The Labute approximate surface area is 223 Å². The van der Waals surface area contributed by atoms with Crippen LogP contribution in [-0.4, -0.2) is 33.4 Å². The van der Waals surface area contributed by atoms with Crippen LogP contribution >= 0.6 is 0 Å². The van der Waals surface area contributed by atoms with Crippen LogP contribution in [0, 0.1) is 11.2 Å². The maximum atomic E-state index is 13.6. The average molecular weight is 519 g/mol. The third-order valence-corrected chi connectivity index (χ3v) is 6.74. The minimum Gasteiger partial charge on any atom is -0.481 e. The van der Waals surface area contributed by atoms with Crippen LogP contribution in [0.25, 0.3) is 0 Å². The van der Waals surface area contributed by atoms with E-state index in [-0.39, 0.29) is 11.8 Å². The minimum absolute atomic E-state index is 0.0687. The van der Waals surface area contributed by atoms with Gasteiger partial charge in [-0.15, -0.1) is 0 Å². The number of benzene rings is 2. The van der Waals surface area contributed by atoms with E-state index in [0.717, 1.165) is 36.3 Å². The number of hydrogen-bond acceptors (Lipinski definition) is 6. The lowest BCUT2D eigenvalue weighted by atomic mass is 9.68. The zero-order chi connectivity index (χ0) is 27.1. The Morgan fingerprint density at radius 1 is 1.05 bits per heavy atom. The second-order valence-electron chi connectivity index (χ2n) is 10.7. The first-order chi connectivity index (χ1) is 18.2. The molecule has 1 aliphatic heterocycles. The summed E-state index contributed by atoms with van der Waals surface area (Å²) in [5, 5.41) is 13.7. The van der Waals surface area contributed by atoms with Gasteiger partial charge in [0.15, 0.2) is 0 Å². The third-order valence-electron chi connectivity index (χ3n) is 6.74. The first-order valence-electron chi connectivity index (χ1n) is 13.1. The van der Waals surface area contributed by atoms with Crippen molar-refractivity contribution in [2.45, 2.75) is 64.8 Å². The molecule has 0 amide bonds. The van der Waals surface area contributed by atoms with E-state index >= 15 is 0 Å². The van der Waals surface area contributed by atoms with E-state index in [4.69, 9.17) is 4.74 Å². The standard InChI is InChI=1S/C30H35FN4O3/c1-30(2,3)27(21-10-12-22(31)13-11-21)26(28(36)37)24-16-18-33-29(35-24)38-23-14-8-20(9-15-23)19-34-25-7-5-4-6-17-32-25/h8-16,18,26-27H,4-7,17,19H2,1-3H3,(H,32,34)(H,36,37). The molecule has 1 aliphatic rings. The number of hydrogen-bond donors (Lipinski definition) is 2. The molecular weight excluding hydrogens is 483 g/mol. The number of aromatic nitrogens is 2. The highest BCUT2D eigenvalue weighted by Gasteiger charge is 2.40. The van der Waals surface area contributed by atoms with E-state index in [1.165, 1.54) is 31.2 Å². The molecule has 200 valence electrons. The Kier molecular flexibility index (Phi) is 8.71. The predicted octanol–water partition coefficient (Wildman–Crippen LogP) is 6.47. The van der Waals surface area contributed by atoms with Crippen molar-refractivity contribution in [3.05, 3.63) is 83.4 Å². The van der Waals surface area contributed by atoms with Crippen molar-refractivity contribution in [1.29, 1.82) is 0 Å². The summed E-state index contributed by atoms with van der Waals surface area (Å²) >= 11 is 0. The van der Waals surface area contributed by atoms with Gasteiger partial charge in [-0.2, -0.15) is 4.98 Å². The molecule has 4 rings (SSSR count). The van der Waals surface area contributed by atoms with Crippen LogP contribution in [0.4, 0.5) is 4.39 Å². The summed E-state index contributed by atoms with van der Waals surface area (Å²) in [6.45, 7) is 7.47. The highest BCUT2D eigenvalue weighted by molar-refractivity contribution is 5.82. The number of halogens is 1. The lowest BCUT2D eigenvalue weighted by Crippen LogP contribution is -2.30. The molecule has 2 unspecified atom stereocenters. The van der Waals surface area contributed by atoms with Crippen LogP contribution in [0.5, 0.6) is 11.8 Å². The molecule has 2 N–H and O–H groups in total. The maximum Gasteiger partial charge on any atom is 0.322 e. The van der Waals surface area contributed by atoms with Crippen molar-refractivity contribution in [2.75, 3.05) is 6.54 Å². The molecule has 1 aromatic heterocycles. The van der Waals surface area contributed by atoms with E-state index in [2.05, 4.69) is 20.3 Å². The number of nitrogens with one attached hydrogen (secondary N) is 1. The van der Waals surface area contributed by atoms with Crippen molar-refractivity contribution >= 4 is 11.8 Å². The van der Waals surface area contributed by atoms with Gasteiger partial charge in [0, 0.05) is 31.6 Å². The topological polar surface area (TPSA) is 96.7 Å². The molecular formula is C30H35FN4O3. The van der Waals surface area contributed by atoms with Crippen LogP contribution in [0.2, 0.25) is 0 Å². The molecule has 3 aromatic rings. The Morgan fingerprint density at radius 3 is 2.47 bits per heavy atom. The molecule has 2 atom stereocenters. The minimum atomic E-state index is -1.02. The first-order valence-corrected chi connectivity index (χ1v) is 13.1. The lowest BCUT2D eigenvalue weighted by molar-refractivity contribution is -0.140. The monoisotopic (exact) mass is 518 g/mol. The highest BCUT2D eigenvalue weighted by atomic mass is 19.1. The average Bonchev–Trinajstić information content (AvgIpc) is 3.16. The summed E-state index contributed by atoms with van der Waals surface area (Å²) in [5.74, 6) is -1.22. The van der Waals surface area contributed by atoms with E-state index in [9.17, 15) is 14.3 Å². The fourth-order valence-electron chi connectivity index (χ4n) is 4.88. The number of aliphatic imine (C=N–C) groups is 1. The van der Waals surface area contributed by atoms with Crippen molar-refractivity contribution in [2.24, 2.45) is 10.4 Å². The summed E-state index contributed by atoms with van der Waals surface area (Å²) in [6.07, 6.45) is 6.03. The summed E-state index contributed by atoms with van der Waals surface area (Å²) in [6, 6.07) is 15.3. The fraction of sp³-hybridized carbons (Fsp3) is 0.400. The molecule has 8 heteroatoms. The van der Waals surface area contributed by atoms with Crippen LogP contribution < -0.4 is 10.1 Å². The molecule has 2 aromatic carbocycles. The van der Waals surface area contributed by atoms with Gasteiger partial charge in [-0.25, -0.2) is 9.37 Å². The molecule has 0 aliphatic carbocycles. The number of carboxylic acid groups (broad SMARTS) is 1. The SMILES string of the molecule is CC(C)(C)C(c1ccc(F)cc1)C(C(=O)O)c1ccnc(Oc2ccc(CNC3=NCCCCC3)cc2)n1. The summed E-state index contributed by atoms with van der Waals surface area (Å²) < 4.78 is 19.5. The normalized spacial score (nSPS) is 15.6. The zero-order valence-electron chi connectivity index (χ0n) is 22.2. The van der Waals surface area contributed by atoms with Gasteiger partial charge in [0.1, 0.15) is 17.5 Å². The first kappa shape index (κ1) is 27.2. The molecule has 0 spiro atoms. The van der Waals surface area contributed by atoms with E-state index in [1.54, 1.807) is 18.2 Å². The quantitative estimate of drug-likeness (QED) is 0.355. The van der Waals surface area contributed by atoms with Gasteiger partial charge >= 0.3 is 12.0 Å². The van der Waals surface area contributed by atoms with Gasteiger partial charge < -0.3 is 15.2 Å². The van der Waals surface area contributed by atoms with Gasteiger partial charge in [-0.3, -0.25) is 9.79 Å². The van der Waals surface area contributed by atoms with Gasteiger partial charge in [-0.05, 0) is 59.7 Å². The van der Waals surface area contributed by atoms with Gasteiger partial charge in [-0.1, -0.05) is 51.5 Å². The highest BCUT2D eigenvalue weighted by Crippen LogP contribution is 2.45. The largest absolute Gasteiger partial charge is 0.481 e. The second-order valence-corrected chi connectivity index (χ2v) is 10.7. The van der Waals surface area contributed by atoms with Crippen molar-refractivity contribution in [3.63, 3.8) is 0 Å². The number of amidine groups is 1. The molecule has 0 saturated carbocycles. The Morgan fingerprint density at radius 2 is 1.79 bits per heavy atom. The van der Waals surface area contributed by atoms with Crippen molar-refractivity contribution < 1.29 is 19.0 Å². The maximum absolute atomic E-state index is 13.6. The number of nitrogens with zero attached hydrogens (tertiary/aromatic N) is 3. The smallest absolute Gasteiger partial charge is 0.322 e. The molecule has 38 heavy (non-hydrogen) atoms. The van der Waals surface area contributed by atoms with Crippen LogP contribution in [0.1, 0.15) is 75.1 Å². The number of ether oxygens (including phenoxy) is 1. The number of carbonyl (C=O) groups is 1. The fourth-order valence-corrected chi connectivity index (χ4v) is 4.88.